The van der Waals surface area contributed by atoms with Gasteiger partial charge in [-0.25, -0.2) is 0 Å². The summed E-state index contributed by atoms with van der Waals surface area (Å²) in [6.07, 6.45) is 2.01. The lowest BCUT2D eigenvalue weighted by Gasteiger charge is -2.31. The van der Waals surface area contributed by atoms with Crippen LogP contribution in [0.25, 0.3) is 0 Å². The van der Waals surface area contributed by atoms with Crippen LogP contribution in [0.5, 0.6) is 0 Å². The molecule has 3 unspecified atom stereocenters. The first-order valence-electron chi connectivity index (χ1n) is 6.96. The summed E-state index contributed by atoms with van der Waals surface area (Å²) >= 11 is 12.2. The second kappa shape index (κ2) is 6.35. The van der Waals surface area contributed by atoms with E-state index in [2.05, 4.69) is 26.1 Å². The van der Waals surface area contributed by atoms with Gasteiger partial charge in [0.25, 0.3) is 0 Å². The number of halogens is 2. The van der Waals surface area contributed by atoms with Gasteiger partial charge in [-0.05, 0) is 43.0 Å². The fourth-order valence-electron chi connectivity index (χ4n) is 2.99. The van der Waals surface area contributed by atoms with Crippen LogP contribution >= 0.6 is 23.2 Å². The van der Waals surface area contributed by atoms with Gasteiger partial charge in [0.2, 0.25) is 0 Å². The Morgan fingerprint density at radius 2 is 2.10 bits per heavy atom. The van der Waals surface area contributed by atoms with Crippen molar-refractivity contribution in [3.05, 3.63) is 28.2 Å². The Morgan fingerprint density at radius 3 is 2.75 bits per heavy atom. The summed E-state index contributed by atoms with van der Waals surface area (Å²) in [4.78, 5) is 0.657. The first-order valence-corrected chi connectivity index (χ1v) is 8.92. The molecule has 1 aliphatic carbocycles. The molecule has 1 fully saturated rings. The zero-order valence-electron chi connectivity index (χ0n) is 12.1. The fourth-order valence-corrected chi connectivity index (χ4v) is 5.45. The van der Waals surface area contributed by atoms with Crippen LogP contribution in [-0.4, -0.2) is 22.0 Å². The SMILES string of the molecule is CCNC1C(S(=O)c2cc(Cl)ccc2Cl)CCC1(C)C. The number of rotatable bonds is 4. The molecule has 5 heteroatoms. The monoisotopic (exact) mass is 333 g/mol. The van der Waals surface area contributed by atoms with E-state index < -0.39 is 10.8 Å². The third-order valence-electron chi connectivity index (χ3n) is 4.10. The molecular formula is C15H21Cl2NOS. The van der Waals surface area contributed by atoms with E-state index in [9.17, 15) is 4.21 Å². The van der Waals surface area contributed by atoms with E-state index in [4.69, 9.17) is 23.2 Å². The maximum atomic E-state index is 12.9. The van der Waals surface area contributed by atoms with Gasteiger partial charge in [0.05, 0.1) is 26.0 Å². The minimum absolute atomic E-state index is 0.0842. The van der Waals surface area contributed by atoms with Crippen LogP contribution in [0.15, 0.2) is 23.1 Å². The summed E-state index contributed by atoms with van der Waals surface area (Å²) in [5.41, 5.74) is 0.154. The average molecular weight is 334 g/mol. The molecule has 112 valence electrons. The Labute approximate surface area is 133 Å². The van der Waals surface area contributed by atoms with Crippen LogP contribution in [-0.2, 0) is 10.8 Å². The minimum Gasteiger partial charge on any atom is -0.313 e. The van der Waals surface area contributed by atoms with Crippen molar-refractivity contribution in [2.24, 2.45) is 5.41 Å². The Bertz CT molecular complexity index is 519. The van der Waals surface area contributed by atoms with Gasteiger partial charge < -0.3 is 5.32 Å². The smallest absolute Gasteiger partial charge is 0.0592 e. The highest BCUT2D eigenvalue weighted by molar-refractivity contribution is 7.86. The molecule has 0 saturated heterocycles. The predicted molar refractivity (Wildman–Crippen MR) is 87.1 cm³/mol. The zero-order valence-corrected chi connectivity index (χ0v) is 14.4. The summed E-state index contributed by atoms with van der Waals surface area (Å²) in [7, 11) is -1.14. The van der Waals surface area contributed by atoms with Crippen molar-refractivity contribution in [2.75, 3.05) is 6.54 Å². The van der Waals surface area contributed by atoms with Crippen molar-refractivity contribution < 1.29 is 4.21 Å². The Kier molecular flexibility index (Phi) is 5.17. The van der Waals surface area contributed by atoms with Gasteiger partial charge in [-0.3, -0.25) is 4.21 Å². The summed E-state index contributed by atoms with van der Waals surface area (Å²) in [5.74, 6) is 0. The highest BCUT2D eigenvalue weighted by Crippen LogP contribution is 2.42. The lowest BCUT2D eigenvalue weighted by Crippen LogP contribution is -2.46. The molecule has 1 aromatic rings. The van der Waals surface area contributed by atoms with E-state index in [0.29, 0.717) is 14.9 Å². The van der Waals surface area contributed by atoms with Gasteiger partial charge in [0.1, 0.15) is 0 Å². The van der Waals surface area contributed by atoms with Crippen molar-refractivity contribution in [2.45, 2.75) is 49.8 Å². The lowest BCUT2D eigenvalue weighted by atomic mass is 9.87. The van der Waals surface area contributed by atoms with E-state index in [1.54, 1.807) is 18.2 Å². The highest BCUT2D eigenvalue weighted by Gasteiger charge is 2.44. The van der Waals surface area contributed by atoms with E-state index in [0.717, 1.165) is 19.4 Å². The first kappa shape index (κ1) is 16.3. The normalized spacial score (nSPS) is 26.6. The van der Waals surface area contributed by atoms with Crippen LogP contribution in [0.3, 0.4) is 0 Å². The zero-order chi connectivity index (χ0) is 14.9. The van der Waals surface area contributed by atoms with E-state index in [1.165, 1.54) is 0 Å². The molecule has 20 heavy (non-hydrogen) atoms. The van der Waals surface area contributed by atoms with Crippen molar-refractivity contribution >= 4 is 34.0 Å². The van der Waals surface area contributed by atoms with Gasteiger partial charge in [-0.2, -0.15) is 0 Å². The first-order chi connectivity index (χ1) is 9.36. The molecule has 2 nitrogen and oxygen atoms in total. The molecule has 0 radical (unpaired) electrons. The molecule has 1 N–H and O–H groups in total. The van der Waals surface area contributed by atoms with E-state index in [-0.39, 0.29) is 16.7 Å². The summed E-state index contributed by atoms with van der Waals surface area (Å²) in [6.45, 7) is 7.43. The second-order valence-electron chi connectivity index (χ2n) is 5.97. The molecule has 0 aromatic heterocycles. The van der Waals surface area contributed by atoms with Gasteiger partial charge in [0.15, 0.2) is 0 Å². The molecule has 1 aromatic carbocycles. The molecule has 2 rings (SSSR count). The molecular weight excluding hydrogens is 313 g/mol. The van der Waals surface area contributed by atoms with Crippen LogP contribution < -0.4 is 5.32 Å². The maximum absolute atomic E-state index is 12.9. The molecule has 0 amide bonds. The van der Waals surface area contributed by atoms with Gasteiger partial charge in [-0.15, -0.1) is 0 Å². The van der Waals surface area contributed by atoms with Gasteiger partial charge in [0, 0.05) is 11.1 Å². The fraction of sp³-hybridized carbons (Fsp3) is 0.600. The molecule has 1 aliphatic rings. The van der Waals surface area contributed by atoms with Crippen LogP contribution in [0.2, 0.25) is 10.0 Å². The number of nitrogens with one attached hydrogen (secondary N) is 1. The summed E-state index contributed by atoms with van der Waals surface area (Å²) < 4.78 is 12.9. The quantitative estimate of drug-likeness (QED) is 0.891. The Hall–Kier alpha value is -0.0900. The third kappa shape index (κ3) is 3.22. The topological polar surface area (TPSA) is 29.1 Å². The second-order valence-corrected chi connectivity index (χ2v) is 8.46. The molecule has 0 aliphatic heterocycles. The minimum atomic E-state index is -1.14. The molecule has 0 bridgehead atoms. The highest BCUT2D eigenvalue weighted by atomic mass is 35.5. The standard InChI is InChI=1S/C15H21Cl2NOS/c1-4-18-14-12(7-8-15(14,2)3)20(19)13-9-10(16)5-6-11(13)17/h5-6,9,12,14,18H,4,7-8H2,1-3H3. The Morgan fingerprint density at radius 1 is 1.40 bits per heavy atom. The van der Waals surface area contributed by atoms with Crippen LogP contribution in [0, 0.1) is 5.41 Å². The van der Waals surface area contributed by atoms with Crippen molar-refractivity contribution in [3.8, 4) is 0 Å². The third-order valence-corrected chi connectivity index (χ3v) is 6.60. The van der Waals surface area contributed by atoms with E-state index in [1.807, 2.05) is 0 Å². The largest absolute Gasteiger partial charge is 0.313 e. The van der Waals surface area contributed by atoms with Crippen LogP contribution in [0.1, 0.15) is 33.6 Å². The molecule has 0 spiro atoms. The average Bonchev–Trinajstić information content (AvgIpc) is 2.68. The van der Waals surface area contributed by atoms with Gasteiger partial charge in [-0.1, -0.05) is 44.0 Å². The Balaban J connectivity index is 2.30. The van der Waals surface area contributed by atoms with Crippen molar-refractivity contribution in [3.63, 3.8) is 0 Å². The van der Waals surface area contributed by atoms with Gasteiger partial charge >= 0.3 is 0 Å². The lowest BCUT2D eigenvalue weighted by molar-refractivity contribution is 0.289. The summed E-state index contributed by atoms with van der Waals surface area (Å²) in [5, 5.41) is 4.70. The summed E-state index contributed by atoms with van der Waals surface area (Å²) in [6, 6.07) is 5.42. The van der Waals surface area contributed by atoms with Crippen molar-refractivity contribution in [1.82, 2.24) is 5.32 Å². The van der Waals surface area contributed by atoms with Crippen molar-refractivity contribution in [1.29, 1.82) is 0 Å². The van der Waals surface area contributed by atoms with Crippen LogP contribution in [0.4, 0.5) is 0 Å². The predicted octanol–water partition coefficient (Wildman–Crippen LogP) is 4.27. The number of benzene rings is 1. The number of hydrogen-bond acceptors (Lipinski definition) is 2. The number of hydrogen-bond donors (Lipinski definition) is 1. The van der Waals surface area contributed by atoms with E-state index >= 15 is 0 Å². The molecule has 3 atom stereocenters. The maximum Gasteiger partial charge on any atom is 0.0592 e. The molecule has 0 heterocycles. The molecule has 1 saturated carbocycles.